The maximum atomic E-state index is 6.18. The highest BCUT2D eigenvalue weighted by molar-refractivity contribution is 9.10. The molecular formula is C15H9BrCl2N2O. The molecule has 0 amide bonds. The fraction of sp³-hybridized carbons (Fsp3) is 0. The van der Waals surface area contributed by atoms with Gasteiger partial charge in [0.2, 0.25) is 0 Å². The Labute approximate surface area is 139 Å². The van der Waals surface area contributed by atoms with Crippen molar-refractivity contribution in [2.24, 2.45) is 0 Å². The van der Waals surface area contributed by atoms with Crippen LogP contribution in [0.4, 0.5) is 5.69 Å². The molecule has 3 nitrogen and oxygen atoms in total. The van der Waals surface area contributed by atoms with E-state index in [-0.39, 0.29) is 0 Å². The van der Waals surface area contributed by atoms with Crippen LogP contribution in [0.5, 0.6) is 11.5 Å². The zero-order valence-electron chi connectivity index (χ0n) is 10.6. The smallest absolute Gasteiger partial charge is 0.147 e. The summed E-state index contributed by atoms with van der Waals surface area (Å²) in [6, 6.07) is 8.77. The lowest BCUT2D eigenvalue weighted by molar-refractivity contribution is 0.488. The summed E-state index contributed by atoms with van der Waals surface area (Å²) < 4.78 is 6.61. The topological polar surface area (TPSA) is 48.1 Å². The third-order valence-corrected chi connectivity index (χ3v) is 4.50. The van der Waals surface area contributed by atoms with E-state index in [9.17, 15) is 0 Å². The summed E-state index contributed by atoms with van der Waals surface area (Å²) in [6.07, 6.45) is 3.39. The Kier molecular flexibility index (Phi) is 3.93. The molecule has 6 heteroatoms. The highest BCUT2D eigenvalue weighted by Crippen LogP contribution is 2.39. The molecule has 0 unspecified atom stereocenters. The molecule has 0 spiro atoms. The molecule has 0 aliphatic heterocycles. The summed E-state index contributed by atoms with van der Waals surface area (Å²) in [5.74, 6) is 1.12. The van der Waals surface area contributed by atoms with Gasteiger partial charge in [0.25, 0.3) is 0 Å². The van der Waals surface area contributed by atoms with Crippen molar-refractivity contribution in [2.45, 2.75) is 0 Å². The number of fused-ring (bicyclic) bond motifs is 1. The first-order chi connectivity index (χ1) is 10.1. The lowest BCUT2D eigenvalue weighted by atomic mass is 10.1. The molecule has 3 rings (SSSR count). The minimum Gasteiger partial charge on any atom is -0.455 e. The van der Waals surface area contributed by atoms with Gasteiger partial charge in [0, 0.05) is 39.4 Å². The maximum Gasteiger partial charge on any atom is 0.147 e. The highest BCUT2D eigenvalue weighted by atomic mass is 79.9. The minimum absolute atomic E-state index is 0.463. The van der Waals surface area contributed by atoms with Crippen LogP contribution in [-0.4, -0.2) is 4.98 Å². The number of nitrogens with zero attached hydrogens (tertiary/aromatic N) is 1. The first-order valence-corrected chi connectivity index (χ1v) is 7.56. The molecule has 0 saturated heterocycles. The highest BCUT2D eigenvalue weighted by Gasteiger charge is 2.11. The number of hydrogen-bond donors (Lipinski definition) is 1. The van der Waals surface area contributed by atoms with E-state index < -0.39 is 0 Å². The molecule has 0 fully saturated rings. The van der Waals surface area contributed by atoms with Crippen molar-refractivity contribution in [1.82, 2.24) is 4.98 Å². The van der Waals surface area contributed by atoms with Gasteiger partial charge < -0.3 is 10.5 Å². The van der Waals surface area contributed by atoms with E-state index in [0.717, 1.165) is 10.8 Å². The van der Waals surface area contributed by atoms with Gasteiger partial charge in [-0.15, -0.1) is 0 Å². The fourth-order valence-electron chi connectivity index (χ4n) is 1.97. The van der Waals surface area contributed by atoms with Crippen molar-refractivity contribution >= 4 is 55.6 Å². The van der Waals surface area contributed by atoms with Crippen LogP contribution in [0.25, 0.3) is 10.8 Å². The number of aromatic nitrogens is 1. The molecule has 1 aromatic heterocycles. The molecule has 106 valence electrons. The van der Waals surface area contributed by atoms with Gasteiger partial charge in [-0.25, -0.2) is 0 Å². The molecule has 21 heavy (non-hydrogen) atoms. The number of anilines is 1. The van der Waals surface area contributed by atoms with Gasteiger partial charge in [-0.1, -0.05) is 23.2 Å². The lowest BCUT2D eigenvalue weighted by Crippen LogP contribution is -1.92. The monoisotopic (exact) mass is 382 g/mol. The Morgan fingerprint density at radius 3 is 2.62 bits per heavy atom. The average Bonchev–Trinajstić information content (AvgIpc) is 2.48. The number of hydrogen-bond acceptors (Lipinski definition) is 3. The van der Waals surface area contributed by atoms with Crippen LogP contribution in [0.15, 0.2) is 47.2 Å². The molecule has 0 radical (unpaired) electrons. The van der Waals surface area contributed by atoms with Gasteiger partial charge in [0.1, 0.15) is 11.5 Å². The van der Waals surface area contributed by atoms with Crippen LogP contribution in [0.3, 0.4) is 0 Å². The molecule has 2 N–H and O–H groups in total. The maximum absolute atomic E-state index is 6.18. The van der Waals surface area contributed by atoms with Crippen molar-refractivity contribution in [3.8, 4) is 11.5 Å². The van der Waals surface area contributed by atoms with Crippen molar-refractivity contribution in [2.75, 3.05) is 5.73 Å². The second-order valence-electron chi connectivity index (χ2n) is 4.37. The van der Waals surface area contributed by atoms with E-state index >= 15 is 0 Å². The molecule has 0 aliphatic carbocycles. The normalized spacial score (nSPS) is 10.8. The second-order valence-corrected chi connectivity index (χ2v) is 6.04. The van der Waals surface area contributed by atoms with Gasteiger partial charge in [0.15, 0.2) is 0 Å². The molecule has 3 aromatic rings. The van der Waals surface area contributed by atoms with E-state index in [4.69, 9.17) is 33.7 Å². The van der Waals surface area contributed by atoms with E-state index in [1.165, 1.54) is 0 Å². The van der Waals surface area contributed by atoms with E-state index in [1.807, 2.05) is 6.07 Å². The van der Waals surface area contributed by atoms with Crippen LogP contribution >= 0.6 is 39.1 Å². The van der Waals surface area contributed by atoms with Gasteiger partial charge in [-0.2, -0.15) is 0 Å². The number of halogens is 3. The van der Waals surface area contributed by atoms with E-state index in [2.05, 4.69) is 20.9 Å². The van der Waals surface area contributed by atoms with Crippen molar-refractivity contribution in [3.05, 3.63) is 57.2 Å². The van der Waals surface area contributed by atoms with Crippen molar-refractivity contribution < 1.29 is 4.74 Å². The predicted octanol–water partition coefficient (Wildman–Crippen LogP) is 5.68. The van der Waals surface area contributed by atoms with E-state index in [0.29, 0.717) is 31.7 Å². The Hall–Kier alpha value is -1.49. The van der Waals surface area contributed by atoms with Crippen molar-refractivity contribution in [1.29, 1.82) is 0 Å². The molecule has 2 aromatic carbocycles. The Morgan fingerprint density at radius 1 is 1.00 bits per heavy atom. The Bertz CT molecular complexity index is 839. The zero-order valence-corrected chi connectivity index (χ0v) is 13.7. The van der Waals surface area contributed by atoms with Crippen molar-refractivity contribution in [3.63, 3.8) is 0 Å². The molecule has 0 saturated carbocycles. The average molecular weight is 384 g/mol. The molecule has 0 aliphatic rings. The van der Waals surface area contributed by atoms with E-state index in [1.54, 1.807) is 36.7 Å². The lowest BCUT2D eigenvalue weighted by Gasteiger charge is -2.12. The fourth-order valence-corrected chi connectivity index (χ4v) is 2.81. The van der Waals surface area contributed by atoms with Crippen LogP contribution in [0, 0.1) is 0 Å². The third kappa shape index (κ3) is 2.79. The zero-order chi connectivity index (χ0) is 15.0. The van der Waals surface area contributed by atoms with Gasteiger partial charge in [-0.3, -0.25) is 4.98 Å². The molecule has 0 atom stereocenters. The summed E-state index contributed by atoms with van der Waals surface area (Å²) in [7, 11) is 0. The molecular weight excluding hydrogens is 375 g/mol. The number of pyridine rings is 1. The molecule has 0 bridgehead atoms. The summed E-state index contributed by atoms with van der Waals surface area (Å²) in [5.41, 5.74) is 6.59. The SMILES string of the molecule is Nc1ccc(Oc2cc(Cl)c(Br)cc2Cl)c2ccncc12. The van der Waals surface area contributed by atoms with Crippen LogP contribution < -0.4 is 10.5 Å². The first-order valence-electron chi connectivity index (χ1n) is 6.01. The summed E-state index contributed by atoms with van der Waals surface area (Å²) in [5, 5.41) is 2.68. The molecule has 1 heterocycles. The Balaban J connectivity index is 2.11. The minimum atomic E-state index is 0.463. The van der Waals surface area contributed by atoms with Gasteiger partial charge in [-0.05, 0) is 40.2 Å². The quantitative estimate of drug-likeness (QED) is 0.457. The van der Waals surface area contributed by atoms with Crippen LogP contribution in [0.1, 0.15) is 0 Å². The number of ether oxygens (including phenoxy) is 1. The Morgan fingerprint density at radius 2 is 1.81 bits per heavy atom. The second kappa shape index (κ2) is 5.72. The van der Waals surface area contributed by atoms with Gasteiger partial charge in [0.05, 0.1) is 10.0 Å². The number of nitrogen functional groups attached to an aromatic ring is 1. The number of rotatable bonds is 2. The van der Waals surface area contributed by atoms with Crippen LogP contribution in [-0.2, 0) is 0 Å². The summed E-state index contributed by atoms with van der Waals surface area (Å²) >= 11 is 15.6. The van der Waals surface area contributed by atoms with Crippen LogP contribution in [0.2, 0.25) is 10.0 Å². The largest absolute Gasteiger partial charge is 0.455 e. The first kappa shape index (κ1) is 14.4. The number of benzene rings is 2. The number of nitrogens with two attached hydrogens (primary N) is 1. The standard InChI is InChI=1S/C15H9BrCl2N2O/c16-10-5-12(18)15(6-11(10)17)21-14-2-1-13(19)9-7-20-4-3-8(9)14/h1-7H,19H2. The summed E-state index contributed by atoms with van der Waals surface area (Å²) in [4.78, 5) is 4.08. The summed E-state index contributed by atoms with van der Waals surface area (Å²) in [6.45, 7) is 0. The predicted molar refractivity (Wildman–Crippen MR) is 90.4 cm³/mol. The van der Waals surface area contributed by atoms with Gasteiger partial charge >= 0.3 is 0 Å². The third-order valence-electron chi connectivity index (χ3n) is 3.01.